The van der Waals surface area contributed by atoms with Crippen LogP contribution in [0.1, 0.15) is 41.5 Å². The smallest absolute Gasteiger partial charge is 0.381 e. The fourth-order valence-electron chi connectivity index (χ4n) is 1.07. The Morgan fingerprint density at radius 2 is 1.17 bits per heavy atom. The summed E-state index contributed by atoms with van der Waals surface area (Å²) in [5.74, 6) is -0.574. The van der Waals surface area contributed by atoms with Gasteiger partial charge in [-0.25, -0.2) is 4.79 Å². The summed E-state index contributed by atoms with van der Waals surface area (Å²) in [5.41, 5.74) is 0. The first-order valence-corrected chi connectivity index (χ1v) is 6.10. The van der Waals surface area contributed by atoms with Gasteiger partial charge < -0.3 is 18.9 Å². The summed E-state index contributed by atoms with van der Waals surface area (Å²) in [7, 11) is 1.29. The van der Waals surface area contributed by atoms with Crippen LogP contribution in [0.3, 0.4) is 0 Å². The molecule has 0 spiro atoms. The fourth-order valence-corrected chi connectivity index (χ4v) is 1.07. The van der Waals surface area contributed by atoms with Crippen LogP contribution in [0.15, 0.2) is 11.7 Å². The molecular formula is C13H24O5. The molecule has 5 heteroatoms. The van der Waals surface area contributed by atoms with Crippen molar-refractivity contribution in [2.75, 3.05) is 7.11 Å². The van der Waals surface area contributed by atoms with Crippen molar-refractivity contribution in [3.63, 3.8) is 0 Å². The predicted molar refractivity (Wildman–Crippen MR) is 67.7 cm³/mol. The van der Waals surface area contributed by atoms with Crippen molar-refractivity contribution in [1.82, 2.24) is 0 Å². The molecule has 0 aromatic carbocycles. The minimum absolute atomic E-state index is 0.0325. The molecule has 5 nitrogen and oxygen atoms in total. The van der Waals surface area contributed by atoms with Crippen LogP contribution < -0.4 is 0 Å². The molecule has 0 atom stereocenters. The topological polar surface area (TPSA) is 54.0 Å². The van der Waals surface area contributed by atoms with Gasteiger partial charge in [-0.1, -0.05) is 0 Å². The Morgan fingerprint density at radius 1 is 0.778 bits per heavy atom. The van der Waals surface area contributed by atoms with E-state index in [9.17, 15) is 4.79 Å². The molecule has 0 amide bonds. The lowest BCUT2D eigenvalue weighted by Crippen LogP contribution is -2.20. The zero-order valence-electron chi connectivity index (χ0n) is 12.3. The minimum Gasteiger partial charge on any atom is -0.479 e. The van der Waals surface area contributed by atoms with Gasteiger partial charge in [0.1, 0.15) is 0 Å². The normalized spacial score (nSPS) is 10.6. The molecule has 0 radical (unpaired) electrons. The Balaban J connectivity index is 5.28. The first-order chi connectivity index (χ1) is 8.27. The van der Waals surface area contributed by atoms with Crippen LogP contribution in [0, 0.1) is 0 Å². The van der Waals surface area contributed by atoms with Gasteiger partial charge in [-0.05, 0) is 41.5 Å². The molecular weight excluding hydrogens is 236 g/mol. The van der Waals surface area contributed by atoms with Crippen LogP contribution in [-0.4, -0.2) is 31.4 Å². The summed E-state index contributed by atoms with van der Waals surface area (Å²) >= 11 is 0. The van der Waals surface area contributed by atoms with Crippen LogP contribution >= 0.6 is 0 Å². The molecule has 0 saturated carbocycles. The molecule has 0 rings (SSSR count). The quantitative estimate of drug-likeness (QED) is 0.400. The summed E-state index contributed by atoms with van der Waals surface area (Å²) in [4.78, 5) is 11.7. The van der Waals surface area contributed by atoms with Gasteiger partial charge in [0, 0.05) is 0 Å². The Hall–Kier alpha value is -1.39. The lowest BCUT2D eigenvalue weighted by molar-refractivity contribution is -0.143. The standard InChI is InChI=1S/C13H24O5/c1-8(2)16-11(12(14)15-7)13(17-9(3)4)18-10(5)6/h8-10H,1-7H3. The van der Waals surface area contributed by atoms with E-state index in [1.165, 1.54) is 7.11 Å². The van der Waals surface area contributed by atoms with E-state index in [2.05, 4.69) is 4.74 Å². The van der Waals surface area contributed by atoms with Crippen molar-refractivity contribution >= 4 is 5.97 Å². The van der Waals surface area contributed by atoms with Crippen LogP contribution in [0.25, 0.3) is 0 Å². The molecule has 0 saturated heterocycles. The first kappa shape index (κ1) is 16.6. The average Bonchev–Trinajstić information content (AvgIpc) is 2.22. The van der Waals surface area contributed by atoms with Gasteiger partial charge in [-0.2, -0.15) is 0 Å². The highest BCUT2D eigenvalue weighted by atomic mass is 16.7. The van der Waals surface area contributed by atoms with Gasteiger partial charge in [0.05, 0.1) is 25.4 Å². The van der Waals surface area contributed by atoms with Crippen LogP contribution in [-0.2, 0) is 23.7 Å². The van der Waals surface area contributed by atoms with E-state index in [4.69, 9.17) is 14.2 Å². The molecule has 0 bridgehead atoms. The van der Waals surface area contributed by atoms with Crippen molar-refractivity contribution in [3.05, 3.63) is 11.7 Å². The van der Waals surface area contributed by atoms with Crippen molar-refractivity contribution < 1.29 is 23.7 Å². The molecule has 0 aliphatic carbocycles. The molecule has 0 aliphatic rings. The highest BCUT2D eigenvalue weighted by molar-refractivity contribution is 5.86. The number of hydrogen-bond acceptors (Lipinski definition) is 5. The number of ether oxygens (including phenoxy) is 4. The second-order valence-corrected chi connectivity index (χ2v) is 4.61. The monoisotopic (exact) mass is 260 g/mol. The molecule has 0 heterocycles. The maximum atomic E-state index is 11.7. The van der Waals surface area contributed by atoms with Gasteiger partial charge in [-0.3, -0.25) is 0 Å². The van der Waals surface area contributed by atoms with Crippen LogP contribution in [0.2, 0.25) is 0 Å². The fraction of sp³-hybridized carbons (Fsp3) is 0.769. The molecule has 0 fully saturated rings. The van der Waals surface area contributed by atoms with Gasteiger partial charge >= 0.3 is 11.9 Å². The third-order valence-electron chi connectivity index (χ3n) is 1.60. The third-order valence-corrected chi connectivity index (χ3v) is 1.60. The zero-order chi connectivity index (χ0) is 14.3. The van der Waals surface area contributed by atoms with Crippen LogP contribution in [0.5, 0.6) is 0 Å². The van der Waals surface area contributed by atoms with Gasteiger partial charge in [0.15, 0.2) is 0 Å². The number of carbonyl (C=O) groups is 1. The summed E-state index contributed by atoms with van der Waals surface area (Å²) in [6.45, 7) is 11.0. The summed E-state index contributed by atoms with van der Waals surface area (Å²) < 4.78 is 21.1. The van der Waals surface area contributed by atoms with E-state index in [-0.39, 0.29) is 30.0 Å². The van der Waals surface area contributed by atoms with E-state index < -0.39 is 5.97 Å². The molecule has 0 aromatic rings. The van der Waals surface area contributed by atoms with Crippen molar-refractivity contribution in [3.8, 4) is 0 Å². The van der Waals surface area contributed by atoms with Crippen molar-refractivity contribution in [1.29, 1.82) is 0 Å². The van der Waals surface area contributed by atoms with E-state index in [0.717, 1.165) is 0 Å². The second-order valence-electron chi connectivity index (χ2n) is 4.61. The summed E-state index contributed by atoms with van der Waals surface area (Å²) in [6.07, 6.45) is -0.441. The predicted octanol–water partition coefficient (Wildman–Crippen LogP) is 2.60. The number of esters is 1. The number of methoxy groups -OCH3 is 1. The highest BCUT2D eigenvalue weighted by Crippen LogP contribution is 2.17. The Bertz CT molecular complexity index is 280. The minimum atomic E-state index is -0.611. The SMILES string of the molecule is COC(=O)C(OC(C)C)=C(OC(C)C)OC(C)C. The molecule has 18 heavy (non-hydrogen) atoms. The number of rotatable bonds is 7. The van der Waals surface area contributed by atoms with E-state index in [1.807, 2.05) is 41.5 Å². The highest BCUT2D eigenvalue weighted by Gasteiger charge is 2.24. The molecule has 0 aliphatic heterocycles. The Morgan fingerprint density at radius 3 is 1.44 bits per heavy atom. The zero-order valence-corrected chi connectivity index (χ0v) is 12.3. The Labute approximate surface area is 109 Å². The first-order valence-electron chi connectivity index (χ1n) is 6.10. The largest absolute Gasteiger partial charge is 0.479 e. The molecule has 0 N–H and O–H groups in total. The molecule has 0 aromatic heterocycles. The van der Waals surface area contributed by atoms with Gasteiger partial charge in [-0.15, -0.1) is 0 Å². The Kier molecular flexibility index (Phi) is 7.24. The average molecular weight is 260 g/mol. The number of carbonyl (C=O) groups excluding carboxylic acids is 1. The second kappa shape index (κ2) is 7.84. The van der Waals surface area contributed by atoms with E-state index >= 15 is 0 Å². The maximum Gasteiger partial charge on any atom is 0.381 e. The van der Waals surface area contributed by atoms with Crippen molar-refractivity contribution in [2.24, 2.45) is 0 Å². The van der Waals surface area contributed by atoms with Crippen LogP contribution in [0.4, 0.5) is 0 Å². The number of hydrogen-bond donors (Lipinski definition) is 0. The van der Waals surface area contributed by atoms with Crippen molar-refractivity contribution in [2.45, 2.75) is 59.9 Å². The molecule has 106 valence electrons. The van der Waals surface area contributed by atoms with E-state index in [0.29, 0.717) is 0 Å². The molecule has 0 unspecified atom stereocenters. The summed E-state index contributed by atoms with van der Waals surface area (Å²) in [6, 6.07) is 0. The van der Waals surface area contributed by atoms with Gasteiger partial charge in [0.25, 0.3) is 5.76 Å². The maximum absolute atomic E-state index is 11.7. The van der Waals surface area contributed by atoms with Gasteiger partial charge in [0.2, 0.25) is 0 Å². The lowest BCUT2D eigenvalue weighted by atomic mass is 10.4. The third kappa shape index (κ3) is 6.37. The summed E-state index contributed by atoms with van der Waals surface area (Å²) in [5, 5.41) is 0. The van der Waals surface area contributed by atoms with E-state index in [1.54, 1.807) is 0 Å². The lowest BCUT2D eigenvalue weighted by Gasteiger charge is -2.20.